The molecule has 1 aromatic rings. The molecule has 0 radical (unpaired) electrons. The van der Waals surface area contributed by atoms with Crippen molar-refractivity contribution in [2.75, 3.05) is 0 Å². The van der Waals surface area contributed by atoms with Crippen LogP contribution in [0.2, 0.25) is 16.6 Å². The Hall–Kier alpha value is -2.21. The number of allylic oxidation sites excluding steroid dienone is 1. The maximum Gasteiger partial charge on any atom is 0.414 e. The summed E-state index contributed by atoms with van der Waals surface area (Å²) < 4.78 is 6.49. The zero-order chi connectivity index (χ0) is 30.1. The number of ether oxygens (including phenoxy) is 1. The highest BCUT2D eigenvalue weighted by atomic mass is 28.3. The number of ketones is 2. The summed E-state index contributed by atoms with van der Waals surface area (Å²) in [5.74, 6) is 0.223. The monoisotopic (exact) mass is 579 g/mol. The number of hydrogen-bond acceptors (Lipinski definition) is 4. The van der Waals surface area contributed by atoms with Gasteiger partial charge in [0.25, 0.3) is 0 Å². The SMILES string of the molecule is CC(C)[Si](C1=CN(C(=O)O[C@@H]2CCCC[C@H]2C(C)(C)c2ccccc2)[C@H]([C@@H]2CCCC2=O)CC1=O)(C(C)C)C(C)C. The van der Waals surface area contributed by atoms with E-state index in [1.807, 2.05) is 12.3 Å². The van der Waals surface area contributed by atoms with Gasteiger partial charge in [0.1, 0.15) is 20.0 Å². The molecule has 6 heteroatoms. The van der Waals surface area contributed by atoms with Crippen molar-refractivity contribution in [2.24, 2.45) is 11.8 Å². The average molecular weight is 580 g/mol. The highest BCUT2D eigenvalue weighted by molar-refractivity contribution is 6.93. The summed E-state index contributed by atoms with van der Waals surface area (Å²) in [6, 6.07) is 10.1. The summed E-state index contributed by atoms with van der Waals surface area (Å²) in [5.41, 5.74) is 2.13. The molecule has 0 saturated heterocycles. The summed E-state index contributed by atoms with van der Waals surface area (Å²) in [6.45, 7) is 18.0. The summed E-state index contributed by atoms with van der Waals surface area (Å²) >= 11 is 0. The van der Waals surface area contributed by atoms with Gasteiger partial charge < -0.3 is 4.74 Å². The minimum absolute atomic E-state index is 0.141. The van der Waals surface area contributed by atoms with E-state index in [-0.39, 0.29) is 47.4 Å². The summed E-state index contributed by atoms with van der Waals surface area (Å²) in [5, 5.41) is 0.862. The third-order valence-electron chi connectivity index (χ3n) is 11.1. The van der Waals surface area contributed by atoms with Gasteiger partial charge in [0.2, 0.25) is 0 Å². The van der Waals surface area contributed by atoms with Crippen LogP contribution in [0.25, 0.3) is 0 Å². The lowest BCUT2D eigenvalue weighted by atomic mass is 9.66. The quantitative estimate of drug-likeness (QED) is 0.289. The molecule has 0 N–H and O–H groups in total. The first-order chi connectivity index (χ1) is 19.3. The van der Waals surface area contributed by atoms with Crippen LogP contribution in [0, 0.1) is 11.8 Å². The fourth-order valence-electron chi connectivity index (χ4n) is 9.10. The van der Waals surface area contributed by atoms with Gasteiger partial charge in [0.15, 0.2) is 5.78 Å². The maximum absolute atomic E-state index is 14.3. The van der Waals surface area contributed by atoms with Crippen LogP contribution >= 0.6 is 0 Å². The first-order valence-electron chi connectivity index (χ1n) is 16.2. The van der Waals surface area contributed by atoms with Gasteiger partial charge in [-0.25, -0.2) is 4.79 Å². The van der Waals surface area contributed by atoms with Crippen LogP contribution in [0.4, 0.5) is 4.79 Å². The molecule has 4 rings (SSSR count). The van der Waals surface area contributed by atoms with Crippen molar-refractivity contribution in [3.05, 3.63) is 47.3 Å². The molecule has 2 saturated carbocycles. The molecule has 5 nitrogen and oxygen atoms in total. The predicted molar refractivity (Wildman–Crippen MR) is 168 cm³/mol. The van der Waals surface area contributed by atoms with Crippen LogP contribution < -0.4 is 0 Å². The summed E-state index contributed by atoms with van der Waals surface area (Å²) in [6.07, 6.45) is 7.63. The van der Waals surface area contributed by atoms with E-state index in [2.05, 4.69) is 79.7 Å². The van der Waals surface area contributed by atoms with Gasteiger partial charge in [0.05, 0.1) is 6.04 Å². The second-order valence-corrected chi connectivity index (χ2v) is 20.3. The van der Waals surface area contributed by atoms with E-state index >= 15 is 0 Å². The van der Waals surface area contributed by atoms with Crippen molar-refractivity contribution in [3.63, 3.8) is 0 Å². The van der Waals surface area contributed by atoms with Gasteiger partial charge >= 0.3 is 6.09 Å². The van der Waals surface area contributed by atoms with E-state index in [4.69, 9.17) is 4.74 Å². The molecule has 1 amide bonds. The molecule has 4 atom stereocenters. The Kier molecular flexibility index (Phi) is 9.72. The van der Waals surface area contributed by atoms with E-state index in [0.29, 0.717) is 23.0 Å². The number of benzene rings is 1. The van der Waals surface area contributed by atoms with Crippen molar-refractivity contribution < 1.29 is 19.1 Å². The van der Waals surface area contributed by atoms with Crippen LogP contribution in [0.1, 0.15) is 112 Å². The number of amides is 1. The molecular weight excluding hydrogens is 526 g/mol. The zero-order valence-corrected chi connectivity index (χ0v) is 27.7. The third-order valence-corrected chi connectivity index (χ3v) is 18.2. The highest BCUT2D eigenvalue weighted by Gasteiger charge is 2.52. The molecular formula is C35H53NO4Si. The Bertz CT molecular complexity index is 1120. The van der Waals surface area contributed by atoms with Gasteiger partial charge in [-0.15, -0.1) is 0 Å². The second kappa shape index (κ2) is 12.6. The predicted octanol–water partition coefficient (Wildman–Crippen LogP) is 8.77. The van der Waals surface area contributed by atoms with Crippen molar-refractivity contribution in [2.45, 2.75) is 141 Å². The molecule has 0 unspecified atom stereocenters. The Morgan fingerprint density at radius 3 is 2.07 bits per heavy atom. The van der Waals surface area contributed by atoms with Crippen molar-refractivity contribution >= 4 is 25.7 Å². The number of Topliss-reactive ketones (excluding diaryl/α,β-unsaturated/α-hetero) is 2. The average Bonchev–Trinajstić information content (AvgIpc) is 3.35. The molecule has 2 fully saturated rings. The van der Waals surface area contributed by atoms with Crippen molar-refractivity contribution in [1.82, 2.24) is 4.90 Å². The normalized spacial score (nSPS) is 26.2. The minimum atomic E-state index is -2.33. The molecule has 1 heterocycles. The van der Waals surface area contributed by atoms with Crippen LogP contribution in [-0.2, 0) is 19.7 Å². The fraction of sp³-hybridized carbons (Fsp3) is 0.686. The van der Waals surface area contributed by atoms with Gasteiger partial charge in [-0.3, -0.25) is 14.5 Å². The smallest absolute Gasteiger partial charge is 0.414 e. The van der Waals surface area contributed by atoms with E-state index in [1.54, 1.807) is 4.90 Å². The lowest BCUT2D eigenvalue weighted by Crippen LogP contribution is -2.55. The Morgan fingerprint density at radius 1 is 0.902 bits per heavy atom. The van der Waals surface area contributed by atoms with Gasteiger partial charge in [-0.1, -0.05) is 92.1 Å². The van der Waals surface area contributed by atoms with E-state index < -0.39 is 14.1 Å². The minimum Gasteiger partial charge on any atom is -0.446 e. The Morgan fingerprint density at radius 2 is 1.51 bits per heavy atom. The third kappa shape index (κ3) is 5.87. The van der Waals surface area contributed by atoms with Gasteiger partial charge in [-0.2, -0.15) is 0 Å². The van der Waals surface area contributed by atoms with E-state index in [9.17, 15) is 14.4 Å². The molecule has 3 aliphatic rings. The van der Waals surface area contributed by atoms with E-state index in [1.165, 1.54) is 5.56 Å². The molecule has 0 spiro atoms. The van der Waals surface area contributed by atoms with Crippen LogP contribution in [-0.4, -0.2) is 42.8 Å². The van der Waals surface area contributed by atoms with Gasteiger partial charge in [-0.05, 0) is 64.9 Å². The fourth-order valence-corrected chi connectivity index (χ4v) is 15.9. The second-order valence-electron chi connectivity index (χ2n) is 14.4. The lowest BCUT2D eigenvalue weighted by Gasteiger charge is -2.48. The number of hydrogen-bond donors (Lipinski definition) is 0. The molecule has 0 bridgehead atoms. The van der Waals surface area contributed by atoms with Crippen LogP contribution in [0.3, 0.4) is 0 Å². The first kappa shape index (κ1) is 31.7. The van der Waals surface area contributed by atoms with Crippen molar-refractivity contribution in [1.29, 1.82) is 0 Å². The van der Waals surface area contributed by atoms with Crippen LogP contribution in [0.5, 0.6) is 0 Å². The Balaban J connectivity index is 1.73. The molecule has 0 aromatic heterocycles. The summed E-state index contributed by atoms with van der Waals surface area (Å²) in [4.78, 5) is 43.0. The first-order valence-corrected chi connectivity index (χ1v) is 18.4. The largest absolute Gasteiger partial charge is 0.446 e. The molecule has 1 aromatic carbocycles. The summed E-state index contributed by atoms with van der Waals surface area (Å²) in [7, 11) is -2.33. The maximum atomic E-state index is 14.3. The number of carbonyl (C=O) groups excluding carboxylic acids is 3. The van der Waals surface area contributed by atoms with Gasteiger partial charge in [0, 0.05) is 30.9 Å². The Labute approximate surface area is 249 Å². The molecule has 41 heavy (non-hydrogen) atoms. The number of carbonyl (C=O) groups is 3. The van der Waals surface area contributed by atoms with Crippen LogP contribution in [0.15, 0.2) is 41.7 Å². The highest BCUT2D eigenvalue weighted by Crippen LogP contribution is 2.49. The molecule has 1 aliphatic heterocycles. The van der Waals surface area contributed by atoms with E-state index in [0.717, 1.165) is 43.7 Å². The lowest BCUT2D eigenvalue weighted by molar-refractivity contribution is -0.123. The zero-order valence-electron chi connectivity index (χ0n) is 26.7. The molecule has 226 valence electrons. The topological polar surface area (TPSA) is 63.7 Å². The molecule has 2 aliphatic carbocycles. The standard InChI is InChI=1S/C35H53NO4Si/c1-23(2)41(24(3)4,25(5)6)33-22-36(29(21-31(33)38)27-17-14-19-30(27)37)34(39)40-32-20-13-12-18-28(32)35(7,8)26-15-10-9-11-16-26/h9-11,15-16,22-25,27-29,32H,12-14,17-21H2,1-8H3/t27-,28+,29-,32+/m0/s1. The number of rotatable bonds is 8. The number of nitrogens with zero attached hydrogens (tertiary/aromatic N) is 1. The van der Waals surface area contributed by atoms with Crippen molar-refractivity contribution in [3.8, 4) is 0 Å².